The Hall–Kier alpha value is -1.23. The van der Waals surface area contributed by atoms with Crippen molar-refractivity contribution in [3.05, 3.63) is 46.9 Å². The number of rotatable bonds is 6. The molecular weight excluding hydrogens is 338 g/mol. The predicted molar refractivity (Wildman–Crippen MR) is 97.3 cm³/mol. The maximum absolute atomic E-state index is 6.09. The largest absolute Gasteiger partial charge is 0.462 e. The van der Waals surface area contributed by atoms with Gasteiger partial charge in [-0.2, -0.15) is 4.89 Å². The summed E-state index contributed by atoms with van der Waals surface area (Å²) in [6.07, 6.45) is 9.42. The summed E-state index contributed by atoms with van der Waals surface area (Å²) in [5.41, 5.74) is 1.72. The molecule has 3 aliphatic rings. The van der Waals surface area contributed by atoms with E-state index in [9.17, 15) is 0 Å². The zero-order valence-electron chi connectivity index (χ0n) is 14.6. The fraction of sp³-hybridized carbons (Fsp3) is 0.600. The number of hydrogen-bond donors (Lipinski definition) is 0. The molecule has 0 aromatic heterocycles. The van der Waals surface area contributed by atoms with Crippen LogP contribution in [-0.2, 0) is 19.9 Å². The molecule has 1 aliphatic carbocycles. The molecule has 1 atom stereocenters. The Morgan fingerprint density at radius 1 is 1.16 bits per heavy atom. The lowest BCUT2D eigenvalue weighted by atomic mass is 9.64. The molecule has 25 heavy (non-hydrogen) atoms. The van der Waals surface area contributed by atoms with Crippen LogP contribution in [0.25, 0.3) is 0 Å². The third-order valence-corrected chi connectivity index (χ3v) is 6.15. The minimum absolute atomic E-state index is 0.284. The summed E-state index contributed by atoms with van der Waals surface area (Å²) >= 11 is 6.09. The summed E-state index contributed by atoms with van der Waals surface area (Å²) in [7, 11) is 0. The summed E-state index contributed by atoms with van der Waals surface area (Å²) < 4.78 is 5.82. The van der Waals surface area contributed by atoms with Gasteiger partial charge in [0.1, 0.15) is 13.2 Å². The summed E-state index contributed by atoms with van der Waals surface area (Å²) in [5, 5.41) is 0.814. The smallest absolute Gasteiger partial charge is 0.315 e. The first-order chi connectivity index (χ1) is 12.3. The van der Waals surface area contributed by atoms with E-state index in [1.807, 2.05) is 18.2 Å². The fourth-order valence-electron chi connectivity index (χ4n) is 4.28. The quantitative estimate of drug-likeness (QED) is 0.699. The van der Waals surface area contributed by atoms with Crippen molar-refractivity contribution in [3.63, 3.8) is 0 Å². The van der Waals surface area contributed by atoms with Gasteiger partial charge in [-0.15, -0.1) is 0 Å². The lowest BCUT2D eigenvalue weighted by Crippen LogP contribution is -2.52. The molecule has 4 rings (SSSR count). The van der Waals surface area contributed by atoms with E-state index in [4.69, 9.17) is 26.1 Å². The van der Waals surface area contributed by atoms with Crippen LogP contribution < -0.4 is 0 Å². The minimum atomic E-state index is 0.284. The summed E-state index contributed by atoms with van der Waals surface area (Å²) in [6.45, 7) is 3.41. The topological polar surface area (TPSA) is 30.9 Å². The second-order valence-electron chi connectivity index (χ2n) is 7.46. The molecule has 2 heterocycles. The van der Waals surface area contributed by atoms with Gasteiger partial charge in [0.15, 0.2) is 0 Å². The fourth-order valence-corrected chi connectivity index (χ4v) is 4.41. The van der Waals surface area contributed by atoms with Crippen molar-refractivity contribution in [1.82, 2.24) is 4.90 Å². The first-order valence-electron chi connectivity index (χ1n) is 9.38. The van der Waals surface area contributed by atoms with Crippen LogP contribution in [-0.4, -0.2) is 37.2 Å². The molecule has 0 spiro atoms. The maximum atomic E-state index is 6.09. The number of halogens is 1. The van der Waals surface area contributed by atoms with E-state index in [-0.39, 0.29) is 5.41 Å². The van der Waals surface area contributed by atoms with Crippen LogP contribution in [0.4, 0.5) is 0 Å². The van der Waals surface area contributed by atoms with Crippen molar-refractivity contribution >= 4 is 11.6 Å². The SMILES string of the molecule is Clc1ccc(C2(CN3CCCCC3COC3=CCOO3)CCC2)cc1. The van der Waals surface area contributed by atoms with Crippen LogP contribution in [0.3, 0.4) is 0 Å². The second-order valence-corrected chi connectivity index (χ2v) is 7.90. The number of benzene rings is 1. The Bertz CT molecular complexity index is 612. The Balaban J connectivity index is 1.43. The number of nitrogens with zero attached hydrogens (tertiary/aromatic N) is 1. The van der Waals surface area contributed by atoms with Gasteiger partial charge >= 0.3 is 5.95 Å². The average Bonchev–Trinajstić information content (AvgIpc) is 3.12. The molecule has 2 fully saturated rings. The minimum Gasteiger partial charge on any atom is -0.462 e. The van der Waals surface area contributed by atoms with Crippen molar-refractivity contribution < 1.29 is 14.5 Å². The Morgan fingerprint density at radius 2 is 2.00 bits per heavy atom. The van der Waals surface area contributed by atoms with E-state index >= 15 is 0 Å². The number of ether oxygens (including phenoxy) is 1. The van der Waals surface area contributed by atoms with E-state index < -0.39 is 0 Å². The van der Waals surface area contributed by atoms with Gasteiger partial charge in [0.25, 0.3) is 0 Å². The normalized spacial score (nSPS) is 25.8. The second kappa shape index (κ2) is 7.56. The zero-order chi connectivity index (χ0) is 17.1. The molecule has 1 aromatic rings. The number of likely N-dealkylation sites (tertiary alicyclic amines) is 1. The third-order valence-electron chi connectivity index (χ3n) is 5.90. The zero-order valence-corrected chi connectivity index (χ0v) is 15.3. The highest BCUT2D eigenvalue weighted by atomic mass is 35.5. The number of piperidine rings is 1. The monoisotopic (exact) mass is 363 g/mol. The van der Waals surface area contributed by atoms with Gasteiger partial charge < -0.3 is 4.74 Å². The van der Waals surface area contributed by atoms with E-state index in [1.165, 1.54) is 44.1 Å². The Labute approximate surface area is 154 Å². The van der Waals surface area contributed by atoms with Crippen LogP contribution in [0.1, 0.15) is 44.1 Å². The Morgan fingerprint density at radius 3 is 2.68 bits per heavy atom. The summed E-state index contributed by atoms with van der Waals surface area (Å²) in [5.74, 6) is 0.515. The average molecular weight is 364 g/mol. The molecule has 0 amide bonds. The van der Waals surface area contributed by atoms with Gasteiger partial charge in [-0.3, -0.25) is 9.79 Å². The van der Waals surface area contributed by atoms with Crippen molar-refractivity contribution in [2.45, 2.75) is 50.0 Å². The van der Waals surface area contributed by atoms with Crippen molar-refractivity contribution in [3.8, 4) is 0 Å². The molecule has 1 unspecified atom stereocenters. The van der Waals surface area contributed by atoms with Crippen LogP contribution in [0.5, 0.6) is 0 Å². The molecule has 2 aliphatic heterocycles. The molecule has 0 N–H and O–H groups in total. The Kier molecular flexibility index (Phi) is 5.20. The van der Waals surface area contributed by atoms with Gasteiger partial charge in [0.05, 0.1) is 0 Å². The maximum Gasteiger partial charge on any atom is 0.315 e. The highest BCUT2D eigenvalue weighted by Gasteiger charge is 2.41. The van der Waals surface area contributed by atoms with Gasteiger partial charge in [-0.25, -0.2) is 0 Å². The first-order valence-corrected chi connectivity index (χ1v) is 9.76. The summed E-state index contributed by atoms with van der Waals surface area (Å²) in [6, 6.07) is 8.93. The predicted octanol–water partition coefficient (Wildman–Crippen LogP) is 4.44. The van der Waals surface area contributed by atoms with Crippen LogP contribution >= 0.6 is 11.6 Å². The molecule has 136 valence electrons. The van der Waals surface area contributed by atoms with Gasteiger partial charge in [-0.1, -0.05) is 36.6 Å². The van der Waals surface area contributed by atoms with Crippen molar-refractivity contribution in [2.24, 2.45) is 0 Å². The van der Waals surface area contributed by atoms with Crippen LogP contribution in [0.15, 0.2) is 36.3 Å². The molecular formula is C20H26ClNO3. The van der Waals surface area contributed by atoms with Gasteiger partial charge in [0.2, 0.25) is 0 Å². The van der Waals surface area contributed by atoms with E-state index in [2.05, 4.69) is 17.0 Å². The molecule has 5 heteroatoms. The first kappa shape index (κ1) is 17.2. The van der Waals surface area contributed by atoms with Crippen molar-refractivity contribution in [1.29, 1.82) is 0 Å². The lowest BCUT2D eigenvalue weighted by molar-refractivity contribution is -0.265. The van der Waals surface area contributed by atoms with Crippen molar-refractivity contribution in [2.75, 3.05) is 26.3 Å². The highest BCUT2D eigenvalue weighted by Crippen LogP contribution is 2.45. The summed E-state index contributed by atoms with van der Waals surface area (Å²) in [4.78, 5) is 12.5. The van der Waals surface area contributed by atoms with E-state index in [1.54, 1.807) is 0 Å². The molecule has 4 nitrogen and oxygen atoms in total. The lowest BCUT2D eigenvalue weighted by Gasteiger charge is -2.48. The molecule has 0 bridgehead atoms. The van der Waals surface area contributed by atoms with Gasteiger partial charge in [-0.05, 0) is 49.9 Å². The standard InChI is InChI=1S/C20H26ClNO3/c21-17-7-5-16(6-8-17)20(10-3-11-20)15-22-12-2-1-4-18(22)14-23-19-9-13-24-25-19/h5-9,18H,1-4,10-15H2. The highest BCUT2D eigenvalue weighted by molar-refractivity contribution is 6.30. The van der Waals surface area contributed by atoms with Crippen LogP contribution in [0, 0.1) is 0 Å². The van der Waals surface area contributed by atoms with E-state index in [0.29, 0.717) is 25.2 Å². The molecule has 1 saturated carbocycles. The molecule has 1 aromatic carbocycles. The van der Waals surface area contributed by atoms with Gasteiger partial charge in [0, 0.05) is 29.1 Å². The molecule has 0 radical (unpaired) electrons. The third kappa shape index (κ3) is 3.81. The van der Waals surface area contributed by atoms with Crippen LogP contribution in [0.2, 0.25) is 5.02 Å². The molecule has 1 saturated heterocycles. The number of hydrogen-bond acceptors (Lipinski definition) is 4. The van der Waals surface area contributed by atoms with E-state index in [0.717, 1.165) is 18.1 Å².